The highest BCUT2D eigenvalue weighted by molar-refractivity contribution is 7.16. The first-order valence-corrected chi connectivity index (χ1v) is 4.07. The van der Waals surface area contributed by atoms with E-state index in [2.05, 4.69) is 36.1 Å². The molecule has 0 aliphatic heterocycles. The Kier molecular flexibility index (Phi) is 1.11. The molecule has 2 rings (SSSR count). The topological polar surface area (TPSA) is 4.93 Å². The van der Waals surface area contributed by atoms with Crippen molar-refractivity contribution in [3.05, 3.63) is 23.8 Å². The van der Waals surface area contributed by atoms with Gasteiger partial charge in [-0.2, -0.15) is 0 Å². The third-order valence-electron chi connectivity index (χ3n) is 1.75. The molecule has 2 heteroatoms. The molecule has 0 aliphatic rings. The van der Waals surface area contributed by atoms with E-state index in [1.54, 1.807) is 11.5 Å². The average molecular weight is 151 g/mol. The minimum absolute atomic E-state index is 1.37. The van der Waals surface area contributed by atoms with Crippen LogP contribution in [0.4, 0.5) is 0 Å². The van der Waals surface area contributed by atoms with Crippen molar-refractivity contribution in [1.29, 1.82) is 0 Å². The van der Waals surface area contributed by atoms with Gasteiger partial charge in [-0.3, -0.25) is 3.96 Å². The van der Waals surface area contributed by atoms with Gasteiger partial charge < -0.3 is 0 Å². The van der Waals surface area contributed by atoms with Crippen molar-refractivity contribution in [3.63, 3.8) is 0 Å². The highest BCUT2D eigenvalue weighted by atomic mass is 32.1. The molecular weight excluding hydrogens is 142 g/mol. The maximum Gasteiger partial charge on any atom is 0.0721 e. The molecule has 0 unspecified atom stereocenters. The van der Waals surface area contributed by atoms with Gasteiger partial charge in [0.15, 0.2) is 0 Å². The molecular formula is C8H9NS. The van der Waals surface area contributed by atoms with E-state index in [4.69, 9.17) is 0 Å². The molecule has 1 aromatic heterocycles. The summed E-state index contributed by atoms with van der Waals surface area (Å²) in [7, 11) is 2.10. The lowest BCUT2D eigenvalue weighted by molar-refractivity contribution is 1.06. The summed E-state index contributed by atoms with van der Waals surface area (Å²) in [6.07, 6.45) is 0. The van der Waals surface area contributed by atoms with E-state index in [9.17, 15) is 0 Å². The lowest BCUT2D eigenvalue weighted by atomic mass is 10.2. The normalized spacial score (nSPS) is 11.0. The first-order chi connectivity index (χ1) is 4.79. The van der Waals surface area contributed by atoms with Crippen LogP contribution < -0.4 is 0 Å². The molecule has 1 aromatic carbocycles. The number of aryl methyl sites for hydroxylation is 2. The van der Waals surface area contributed by atoms with Crippen LogP contribution in [0.2, 0.25) is 0 Å². The SMILES string of the molecule is Cc1cccc2sn(C)c12. The Morgan fingerprint density at radius 2 is 2.20 bits per heavy atom. The standard InChI is InChI=1S/C8H9NS/c1-6-4-3-5-7-8(6)9(2)10-7/h3-5H,1-2H3. The summed E-state index contributed by atoms with van der Waals surface area (Å²) < 4.78 is 3.60. The maximum absolute atomic E-state index is 2.20. The minimum atomic E-state index is 1.37. The summed E-state index contributed by atoms with van der Waals surface area (Å²) in [5, 5.41) is 0. The molecule has 0 amide bonds. The zero-order chi connectivity index (χ0) is 7.14. The highest BCUT2D eigenvalue weighted by Gasteiger charge is 2.03. The summed E-state index contributed by atoms with van der Waals surface area (Å²) in [4.78, 5) is 0. The van der Waals surface area contributed by atoms with Crippen LogP contribution in [-0.4, -0.2) is 3.96 Å². The quantitative estimate of drug-likeness (QED) is 0.545. The smallest absolute Gasteiger partial charge is 0.0721 e. The van der Waals surface area contributed by atoms with E-state index in [1.807, 2.05) is 0 Å². The largest absolute Gasteiger partial charge is 0.299 e. The Balaban J connectivity index is 2.84. The van der Waals surface area contributed by atoms with Gasteiger partial charge in [-0.15, -0.1) is 0 Å². The van der Waals surface area contributed by atoms with E-state index < -0.39 is 0 Å². The molecule has 0 radical (unpaired) electrons. The second kappa shape index (κ2) is 1.86. The van der Waals surface area contributed by atoms with Crippen molar-refractivity contribution in [3.8, 4) is 0 Å². The van der Waals surface area contributed by atoms with Gasteiger partial charge in [0, 0.05) is 7.05 Å². The number of rotatable bonds is 0. The Hall–Kier alpha value is -0.760. The van der Waals surface area contributed by atoms with Crippen molar-refractivity contribution in [2.45, 2.75) is 6.92 Å². The number of para-hydroxylation sites is 1. The summed E-state index contributed by atoms with van der Waals surface area (Å²) in [6.45, 7) is 2.15. The first kappa shape index (κ1) is 5.98. The van der Waals surface area contributed by atoms with Crippen LogP contribution in [0.3, 0.4) is 0 Å². The van der Waals surface area contributed by atoms with E-state index in [0.717, 1.165) is 0 Å². The van der Waals surface area contributed by atoms with Crippen LogP contribution in [-0.2, 0) is 7.05 Å². The second-order valence-electron chi connectivity index (χ2n) is 2.51. The maximum atomic E-state index is 2.20. The van der Waals surface area contributed by atoms with Crippen LogP contribution in [0, 0.1) is 6.92 Å². The van der Waals surface area contributed by atoms with Crippen molar-refractivity contribution in [1.82, 2.24) is 3.96 Å². The number of benzene rings is 1. The number of hydrogen-bond acceptors (Lipinski definition) is 1. The van der Waals surface area contributed by atoms with Gasteiger partial charge in [-0.05, 0) is 18.6 Å². The lowest BCUT2D eigenvalue weighted by Gasteiger charge is -2.10. The van der Waals surface area contributed by atoms with Crippen LogP contribution in [0.5, 0.6) is 0 Å². The monoisotopic (exact) mass is 151 g/mol. The molecule has 1 nitrogen and oxygen atoms in total. The van der Waals surface area contributed by atoms with Crippen LogP contribution >= 0.6 is 11.5 Å². The molecule has 0 bridgehead atoms. The number of nitrogens with zero attached hydrogens (tertiary/aromatic N) is 1. The zero-order valence-corrected chi connectivity index (χ0v) is 6.90. The van der Waals surface area contributed by atoms with Gasteiger partial charge in [0.2, 0.25) is 0 Å². The molecule has 0 saturated heterocycles. The van der Waals surface area contributed by atoms with E-state index in [-0.39, 0.29) is 0 Å². The van der Waals surface area contributed by atoms with Crippen LogP contribution in [0.15, 0.2) is 18.2 Å². The molecule has 2 aromatic rings. The predicted octanol–water partition coefficient (Wildman–Crippen LogP) is 2.55. The van der Waals surface area contributed by atoms with Crippen LogP contribution in [0.25, 0.3) is 10.2 Å². The Bertz CT molecular complexity index is 356. The third kappa shape index (κ3) is 0.625. The van der Waals surface area contributed by atoms with Gasteiger partial charge in [0.25, 0.3) is 0 Å². The summed E-state index contributed by atoms with van der Waals surface area (Å²) in [5.41, 5.74) is 2.77. The highest BCUT2D eigenvalue weighted by Crippen LogP contribution is 2.26. The van der Waals surface area contributed by atoms with Gasteiger partial charge >= 0.3 is 0 Å². The Labute approximate surface area is 64.0 Å². The van der Waals surface area contributed by atoms with Crippen molar-refractivity contribution < 1.29 is 0 Å². The molecule has 10 heavy (non-hydrogen) atoms. The fourth-order valence-corrected chi connectivity index (χ4v) is 2.28. The summed E-state index contributed by atoms with van der Waals surface area (Å²) in [5.74, 6) is 0. The van der Waals surface area contributed by atoms with E-state index in [1.165, 1.54) is 15.8 Å². The predicted molar refractivity (Wildman–Crippen MR) is 45.5 cm³/mol. The van der Waals surface area contributed by atoms with Crippen LogP contribution in [0.1, 0.15) is 5.56 Å². The Morgan fingerprint density at radius 3 is 2.70 bits per heavy atom. The fraction of sp³-hybridized carbons (Fsp3) is 0.250. The number of fused-ring (bicyclic) bond motifs is 1. The zero-order valence-electron chi connectivity index (χ0n) is 6.09. The third-order valence-corrected chi connectivity index (χ3v) is 2.73. The van der Waals surface area contributed by atoms with Gasteiger partial charge in [-0.25, -0.2) is 0 Å². The molecule has 0 saturated carbocycles. The van der Waals surface area contributed by atoms with Gasteiger partial charge in [0.05, 0.1) is 10.2 Å². The van der Waals surface area contributed by atoms with Gasteiger partial charge in [-0.1, -0.05) is 23.7 Å². The summed E-state index contributed by atoms with van der Waals surface area (Å²) in [6, 6.07) is 6.41. The molecule has 0 atom stereocenters. The van der Waals surface area contributed by atoms with Crippen molar-refractivity contribution in [2.24, 2.45) is 7.05 Å². The van der Waals surface area contributed by atoms with E-state index in [0.29, 0.717) is 0 Å². The van der Waals surface area contributed by atoms with Crippen molar-refractivity contribution in [2.75, 3.05) is 0 Å². The first-order valence-electron chi connectivity index (χ1n) is 3.30. The molecule has 52 valence electrons. The number of hydrogen-bond donors (Lipinski definition) is 0. The van der Waals surface area contributed by atoms with Crippen molar-refractivity contribution >= 4 is 21.7 Å². The average Bonchev–Trinajstić information content (AvgIpc) is 1.85. The molecule has 1 heterocycles. The second-order valence-corrected chi connectivity index (χ2v) is 3.68. The molecule has 0 N–H and O–H groups in total. The molecule has 0 spiro atoms. The molecule has 0 aliphatic carbocycles. The fourth-order valence-electron chi connectivity index (χ4n) is 1.26. The summed E-state index contributed by atoms with van der Waals surface area (Å²) >= 11 is 1.80. The molecule has 0 fully saturated rings. The Morgan fingerprint density at radius 1 is 1.40 bits per heavy atom. The minimum Gasteiger partial charge on any atom is -0.299 e. The van der Waals surface area contributed by atoms with Gasteiger partial charge in [0.1, 0.15) is 0 Å². The lowest BCUT2D eigenvalue weighted by Crippen LogP contribution is -1.94. The van der Waals surface area contributed by atoms with E-state index >= 15 is 0 Å². The number of aromatic nitrogens is 1.